The molecule has 2 atom stereocenters. The van der Waals surface area contributed by atoms with Crippen molar-refractivity contribution in [3.63, 3.8) is 0 Å². The number of amides is 2. The van der Waals surface area contributed by atoms with Crippen molar-refractivity contribution in [3.8, 4) is 5.69 Å². The molecule has 2 aromatic carbocycles. The normalized spacial score (nSPS) is 18.1. The minimum absolute atomic E-state index is 0.0237. The van der Waals surface area contributed by atoms with Gasteiger partial charge in [-0.25, -0.2) is 9.97 Å². The number of rotatable bonds is 5. The van der Waals surface area contributed by atoms with Gasteiger partial charge in [0.25, 0.3) is 11.8 Å². The average molecular weight is 570 g/mol. The summed E-state index contributed by atoms with van der Waals surface area (Å²) < 4.78 is 1.99. The number of hydrogen-bond donors (Lipinski definition) is 1. The highest BCUT2D eigenvalue weighted by molar-refractivity contribution is 6.29. The lowest BCUT2D eigenvalue weighted by atomic mass is 9.81. The van der Waals surface area contributed by atoms with E-state index in [1.807, 2.05) is 34.7 Å². The highest BCUT2D eigenvalue weighted by Crippen LogP contribution is 2.34. The van der Waals surface area contributed by atoms with Crippen LogP contribution in [0.1, 0.15) is 76.8 Å². The molecule has 0 radical (unpaired) electrons. The summed E-state index contributed by atoms with van der Waals surface area (Å²) >= 11 is 5.82. The summed E-state index contributed by atoms with van der Waals surface area (Å²) in [5.74, 6) is 0.385. The zero-order chi connectivity index (χ0) is 28.8. The van der Waals surface area contributed by atoms with Gasteiger partial charge in [-0.05, 0) is 72.7 Å². The zero-order valence-electron chi connectivity index (χ0n) is 23.6. The average Bonchev–Trinajstić information content (AvgIpc) is 3.49. The summed E-state index contributed by atoms with van der Waals surface area (Å²) in [4.78, 5) is 36.1. The molecule has 7 nitrogen and oxygen atoms in total. The van der Waals surface area contributed by atoms with Crippen LogP contribution in [0.5, 0.6) is 0 Å². The molecular formula is C33H36ClN5O2. The molecule has 8 heteroatoms. The van der Waals surface area contributed by atoms with Crippen molar-refractivity contribution in [2.75, 3.05) is 18.4 Å². The van der Waals surface area contributed by atoms with E-state index in [-0.39, 0.29) is 11.8 Å². The number of imidazole rings is 1. The number of anilines is 1. The lowest BCUT2D eigenvalue weighted by Gasteiger charge is -2.37. The third-order valence-electron chi connectivity index (χ3n) is 8.04. The van der Waals surface area contributed by atoms with Gasteiger partial charge >= 0.3 is 0 Å². The van der Waals surface area contributed by atoms with E-state index in [0.29, 0.717) is 46.9 Å². The Bertz CT molecular complexity index is 1460. The van der Waals surface area contributed by atoms with Gasteiger partial charge in [0.1, 0.15) is 5.15 Å². The number of benzene rings is 2. The van der Waals surface area contributed by atoms with Crippen molar-refractivity contribution in [1.29, 1.82) is 0 Å². The Morgan fingerprint density at radius 3 is 2.32 bits per heavy atom. The number of carbonyl (C=O) groups excluding carboxylic acids is 2. The van der Waals surface area contributed by atoms with E-state index in [1.54, 1.807) is 30.7 Å². The zero-order valence-corrected chi connectivity index (χ0v) is 24.3. The summed E-state index contributed by atoms with van der Waals surface area (Å²) in [6.45, 7) is 5.46. The molecule has 2 amide bonds. The van der Waals surface area contributed by atoms with Crippen LogP contribution >= 0.6 is 11.6 Å². The van der Waals surface area contributed by atoms with Gasteiger partial charge in [0, 0.05) is 48.6 Å². The molecule has 1 saturated carbocycles. The molecule has 41 heavy (non-hydrogen) atoms. The fourth-order valence-electron chi connectivity index (χ4n) is 5.16. The number of aryl methyl sites for hydroxylation is 1. The molecule has 6 rings (SSSR count). The second kappa shape index (κ2) is 13.1. The first-order valence-corrected chi connectivity index (χ1v) is 14.7. The molecule has 1 N–H and O–H groups in total. The topological polar surface area (TPSA) is 80.1 Å². The number of halogens is 1. The van der Waals surface area contributed by atoms with Crippen LogP contribution in [0.2, 0.25) is 5.15 Å². The smallest absolute Gasteiger partial charge is 0.257 e. The van der Waals surface area contributed by atoms with Crippen molar-refractivity contribution in [1.82, 2.24) is 19.4 Å². The molecule has 212 valence electrons. The summed E-state index contributed by atoms with van der Waals surface area (Å²) in [6, 6.07) is 17.2. The van der Waals surface area contributed by atoms with E-state index in [2.05, 4.69) is 46.5 Å². The predicted octanol–water partition coefficient (Wildman–Crippen LogP) is 7.31. The van der Waals surface area contributed by atoms with E-state index in [1.165, 1.54) is 37.4 Å². The van der Waals surface area contributed by atoms with E-state index in [9.17, 15) is 9.59 Å². The molecule has 1 aliphatic heterocycles. The molecule has 2 aliphatic rings. The Morgan fingerprint density at radius 1 is 0.976 bits per heavy atom. The van der Waals surface area contributed by atoms with E-state index in [0.717, 1.165) is 17.7 Å². The van der Waals surface area contributed by atoms with E-state index >= 15 is 0 Å². The molecule has 2 aromatic heterocycles. The standard InChI is InChI=1S/C29H28ClN5O2.C4H8/c1-19-3-4-22(15-26(19)33-28(36)23-7-10-27(30)32-16-23)29(37)34-13-11-25(20(2)17-34)21-5-8-24(9-6-21)35-14-12-31-18-35;1-2-4-3-1/h3-10,12,14-16,18,20,25H,11,13,17H2,1-2H3,(H,33,36);1-4H2. The quantitative estimate of drug-likeness (QED) is 0.256. The third kappa shape index (κ3) is 7.03. The fourth-order valence-corrected chi connectivity index (χ4v) is 5.27. The van der Waals surface area contributed by atoms with Crippen LogP contribution in [0.4, 0.5) is 5.69 Å². The van der Waals surface area contributed by atoms with Gasteiger partial charge < -0.3 is 14.8 Å². The molecule has 0 bridgehead atoms. The summed E-state index contributed by atoms with van der Waals surface area (Å²) in [5.41, 5.74) is 4.81. The number of nitrogens with zero attached hydrogens (tertiary/aromatic N) is 4. The van der Waals surface area contributed by atoms with Crippen molar-refractivity contribution < 1.29 is 9.59 Å². The lowest BCUT2D eigenvalue weighted by molar-refractivity contribution is 0.0660. The minimum atomic E-state index is -0.301. The van der Waals surface area contributed by atoms with Crippen molar-refractivity contribution in [2.45, 2.75) is 51.9 Å². The summed E-state index contributed by atoms with van der Waals surface area (Å²) in [6.07, 6.45) is 13.8. The number of aromatic nitrogens is 3. The number of carbonyl (C=O) groups is 2. The Balaban J connectivity index is 0.000000777. The maximum atomic E-state index is 13.4. The monoisotopic (exact) mass is 569 g/mol. The highest BCUT2D eigenvalue weighted by atomic mass is 35.5. The van der Waals surface area contributed by atoms with Crippen LogP contribution < -0.4 is 5.32 Å². The third-order valence-corrected chi connectivity index (χ3v) is 8.26. The van der Waals surface area contributed by atoms with Gasteiger partial charge in [-0.2, -0.15) is 0 Å². The van der Waals surface area contributed by atoms with Gasteiger partial charge in [0.15, 0.2) is 0 Å². The van der Waals surface area contributed by atoms with E-state index in [4.69, 9.17) is 11.6 Å². The fraction of sp³-hybridized carbons (Fsp3) is 0.333. The molecule has 1 saturated heterocycles. The second-order valence-corrected chi connectivity index (χ2v) is 11.3. The van der Waals surface area contributed by atoms with Crippen molar-refractivity contribution in [3.05, 3.63) is 107 Å². The number of pyridine rings is 1. The van der Waals surface area contributed by atoms with Gasteiger partial charge in [-0.1, -0.05) is 62.4 Å². The van der Waals surface area contributed by atoms with Crippen molar-refractivity contribution in [2.24, 2.45) is 5.92 Å². The summed E-state index contributed by atoms with van der Waals surface area (Å²) in [7, 11) is 0. The van der Waals surface area contributed by atoms with Crippen LogP contribution in [0, 0.1) is 12.8 Å². The molecule has 0 spiro atoms. The Labute approximate surface area is 246 Å². The van der Waals surface area contributed by atoms with Crippen LogP contribution in [0.3, 0.4) is 0 Å². The largest absolute Gasteiger partial charge is 0.338 e. The molecule has 2 fully saturated rings. The maximum Gasteiger partial charge on any atom is 0.257 e. The van der Waals surface area contributed by atoms with Crippen molar-refractivity contribution >= 4 is 29.1 Å². The Morgan fingerprint density at radius 2 is 1.71 bits per heavy atom. The molecular weight excluding hydrogens is 534 g/mol. The number of likely N-dealkylation sites (tertiary alicyclic amines) is 1. The Hall–Kier alpha value is -3.97. The maximum absolute atomic E-state index is 13.4. The van der Waals surface area contributed by atoms with E-state index < -0.39 is 0 Å². The minimum Gasteiger partial charge on any atom is -0.338 e. The van der Waals surface area contributed by atoms with Crippen LogP contribution in [0.15, 0.2) is 79.5 Å². The van der Waals surface area contributed by atoms with Gasteiger partial charge in [0.05, 0.1) is 11.9 Å². The number of nitrogens with one attached hydrogen (secondary N) is 1. The highest BCUT2D eigenvalue weighted by Gasteiger charge is 2.30. The number of hydrogen-bond acceptors (Lipinski definition) is 4. The molecule has 1 aliphatic carbocycles. The van der Waals surface area contributed by atoms with Crippen LogP contribution in [-0.2, 0) is 0 Å². The van der Waals surface area contributed by atoms with Crippen LogP contribution in [0.25, 0.3) is 5.69 Å². The van der Waals surface area contributed by atoms with Gasteiger partial charge in [-0.3, -0.25) is 9.59 Å². The first kappa shape index (κ1) is 28.6. The number of piperidine rings is 1. The second-order valence-electron chi connectivity index (χ2n) is 11.0. The van der Waals surface area contributed by atoms with Gasteiger partial charge in [-0.15, -0.1) is 0 Å². The predicted molar refractivity (Wildman–Crippen MR) is 163 cm³/mol. The first-order valence-electron chi connectivity index (χ1n) is 14.3. The molecule has 2 unspecified atom stereocenters. The molecule has 4 aromatic rings. The Kier molecular flexibility index (Phi) is 9.14. The molecule has 3 heterocycles. The summed E-state index contributed by atoms with van der Waals surface area (Å²) in [5, 5.41) is 3.22. The van der Waals surface area contributed by atoms with Crippen LogP contribution in [-0.4, -0.2) is 44.3 Å². The SMILES string of the molecule is C1CCC1.Cc1ccc(C(=O)N2CCC(c3ccc(-n4ccnc4)cc3)C(C)C2)cc1NC(=O)c1ccc(Cl)nc1. The first-order chi connectivity index (χ1) is 19.9. The lowest BCUT2D eigenvalue weighted by Crippen LogP contribution is -2.42. The van der Waals surface area contributed by atoms with Gasteiger partial charge in [0.2, 0.25) is 0 Å².